The quantitative estimate of drug-likeness (QED) is 0.392. The van der Waals surface area contributed by atoms with Gasteiger partial charge in [-0.15, -0.1) is 0 Å². The highest BCUT2D eigenvalue weighted by molar-refractivity contribution is 5.95. The smallest absolute Gasteiger partial charge is 0.282 e. The number of carbonyl (C=O) groups excluding carboxylic acids is 2. The van der Waals surface area contributed by atoms with E-state index in [9.17, 15) is 18.8 Å². The molecule has 0 aliphatic carbocycles. The van der Waals surface area contributed by atoms with Gasteiger partial charge in [-0.3, -0.25) is 19.3 Å². The Bertz CT molecular complexity index is 1600. The lowest BCUT2D eigenvalue weighted by molar-refractivity contribution is -0.116. The van der Waals surface area contributed by atoms with Crippen molar-refractivity contribution in [3.05, 3.63) is 106 Å². The molecule has 0 saturated carbocycles. The fourth-order valence-corrected chi connectivity index (χ4v) is 5.21. The van der Waals surface area contributed by atoms with Crippen molar-refractivity contribution in [2.45, 2.75) is 26.4 Å². The minimum Gasteiger partial charge on any atom is -0.331 e. The molecule has 0 unspecified atom stereocenters. The number of hydrogen-bond acceptors (Lipinski definition) is 5. The van der Waals surface area contributed by atoms with E-state index in [0.29, 0.717) is 43.8 Å². The van der Waals surface area contributed by atoms with E-state index in [4.69, 9.17) is 0 Å². The Balaban J connectivity index is 1.53. The summed E-state index contributed by atoms with van der Waals surface area (Å²) < 4.78 is 15.0. The third-order valence-electron chi connectivity index (χ3n) is 7.36. The number of anilines is 1. The maximum absolute atomic E-state index is 14.0. The summed E-state index contributed by atoms with van der Waals surface area (Å²) in [7, 11) is 1.64. The minimum atomic E-state index is -0.462. The van der Waals surface area contributed by atoms with E-state index in [1.165, 1.54) is 16.7 Å². The lowest BCUT2D eigenvalue weighted by atomic mass is 10.1. The molecule has 40 heavy (non-hydrogen) atoms. The normalized spacial score (nSPS) is 15.0. The SMILES string of the molecule is CC(=O)N1CCCN(Cc2ccc(F)cc2)CCN(C(=O)c2nc3ccccc3n(C)c2=O)Cc2ccccc21. The van der Waals surface area contributed by atoms with Gasteiger partial charge in [-0.25, -0.2) is 9.37 Å². The van der Waals surface area contributed by atoms with Crippen molar-refractivity contribution in [1.29, 1.82) is 0 Å². The Kier molecular flexibility index (Phi) is 8.02. The Morgan fingerprint density at radius 1 is 0.900 bits per heavy atom. The van der Waals surface area contributed by atoms with Crippen LogP contribution < -0.4 is 10.5 Å². The van der Waals surface area contributed by atoms with Gasteiger partial charge in [0, 0.05) is 58.9 Å². The van der Waals surface area contributed by atoms with E-state index < -0.39 is 11.5 Å². The topological polar surface area (TPSA) is 78.8 Å². The van der Waals surface area contributed by atoms with Gasteiger partial charge >= 0.3 is 0 Å². The van der Waals surface area contributed by atoms with Crippen LogP contribution in [-0.4, -0.2) is 57.3 Å². The average molecular weight is 542 g/mol. The molecule has 0 saturated heterocycles. The van der Waals surface area contributed by atoms with Crippen molar-refractivity contribution in [2.75, 3.05) is 31.1 Å². The molecule has 1 aliphatic heterocycles. The second kappa shape index (κ2) is 11.8. The van der Waals surface area contributed by atoms with Gasteiger partial charge in [0.15, 0.2) is 5.69 Å². The zero-order valence-electron chi connectivity index (χ0n) is 22.7. The number of aromatic nitrogens is 2. The molecule has 0 radical (unpaired) electrons. The van der Waals surface area contributed by atoms with Crippen molar-refractivity contribution in [2.24, 2.45) is 7.05 Å². The van der Waals surface area contributed by atoms with Crippen LogP contribution in [0.25, 0.3) is 11.0 Å². The third kappa shape index (κ3) is 5.79. The standard InChI is InChI=1S/C31H32FN5O3/c1-22(38)37-17-7-16-35(20-23-12-14-25(32)15-13-23)18-19-36(21-24-8-3-5-10-27(24)37)31(40)29-30(39)34(2)28-11-6-4-9-26(28)33-29/h3-6,8-15H,7,16-21H2,1-2H3. The van der Waals surface area contributed by atoms with Gasteiger partial charge in [-0.1, -0.05) is 42.5 Å². The van der Waals surface area contributed by atoms with Crippen molar-refractivity contribution in [3.8, 4) is 0 Å². The molecule has 8 nitrogen and oxygen atoms in total. The average Bonchev–Trinajstić information content (AvgIpc) is 2.99. The largest absolute Gasteiger partial charge is 0.331 e. The molecule has 0 bridgehead atoms. The molecule has 2 amide bonds. The van der Waals surface area contributed by atoms with Crippen LogP contribution in [0.3, 0.4) is 0 Å². The van der Waals surface area contributed by atoms with Gasteiger partial charge in [0.05, 0.1) is 11.0 Å². The minimum absolute atomic E-state index is 0.0836. The number of rotatable bonds is 3. The molecular formula is C31H32FN5O3. The number of nitrogens with zero attached hydrogens (tertiary/aromatic N) is 5. The summed E-state index contributed by atoms with van der Waals surface area (Å²) in [5, 5.41) is 0. The summed E-state index contributed by atoms with van der Waals surface area (Å²) in [4.78, 5) is 50.0. The number of para-hydroxylation sites is 3. The molecule has 0 N–H and O–H groups in total. The highest BCUT2D eigenvalue weighted by Gasteiger charge is 2.26. The fourth-order valence-electron chi connectivity index (χ4n) is 5.21. The first-order valence-corrected chi connectivity index (χ1v) is 13.4. The Hall–Kier alpha value is -4.37. The lowest BCUT2D eigenvalue weighted by Gasteiger charge is -2.28. The molecule has 3 aromatic carbocycles. The van der Waals surface area contributed by atoms with Crippen LogP contribution in [0.5, 0.6) is 0 Å². The van der Waals surface area contributed by atoms with Gasteiger partial charge in [-0.05, 0) is 47.9 Å². The third-order valence-corrected chi connectivity index (χ3v) is 7.36. The summed E-state index contributed by atoms with van der Waals surface area (Å²) in [6.07, 6.45) is 0.718. The first-order valence-electron chi connectivity index (χ1n) is 13.4. The Morgan fingerprint density at radius 3 is 2.40 bits per heavy atom. The van der Waals surface area contributed by atoms with Crippen LogP contribution in [0.1, 0.15) is 35.0 Å². The van der Waals surface area contributed by atoms with E-state index >= 15 is 0 Å². The summed E-state index contributed by atoms with van der Waals surface area (Å²) in [6.45, 7) is 4.37. The molecule has 2 heterocycles. The van der Waals surface area contributed by atoms with E-state index in [0.717, 1.165) is 23.2 Å². The number of amides is 2. The maximum Gasteiger partial charge on any atom is 0.282 e. The van der Waals surface area contributed by atoms with Crippen LogP contribution in [0.4, 0.5) is 10.1 Å². The predicted octanol–water partition coefficient (Wildman–Crippen LogP) is 3.97. The van der Waals surface area contributed by atoms with Crippen LogP contribution >= 0.6 is 0 Å². The predicted molar refractivity (Wildman–Crippen MR) is 152 cm³/mol. The van der Waals surface area contributed by atoms with E-state index in [2.05, 4.69) is 9.88 Å². The molecule has 5 rings (SSSR count). The molecule has 4 aromatic rings. The van der Waals surface area contributed by atoms with Crippen molar-refractivity contribution in [1.82, 2.24) is 19.4 Å². The first-order chi connectivity index (χ1) is 19.3. The molecule has 9 heteroatoms. The van der Waals surface area contributed by atoms with Gasteiger partial charge in [0.1, 0.15) is 5.82 Å². The number of aryl methyl sites for hydroxylation is 1. The van der Waals surface area contributed by atoms with E-state index in [1.54, 1.807) is 48.0 Å². The van der Waals surface area contributed by atoms with Crippen molar-refractivity contribution < 1.29 is 14.0 Å². The van der Waals surface area contributed by atoms with Gasteiger partial charge in [0.2, 0.25) is 5.91 Å². The number of halogens is 1. The number of hydrogen-bond donors (Lipinski definition) is 0. The second-order valence-corrected chi connectivity index (χ2v) is 10.1. The summed E-state index contributed by atoms with van der Waals surface area (Å²) in [5.41, 5.74) is 3.13. The van der Waals surface area contributed by atoms with Crippen LogP contribution in [0, 0.1) is 5.82 Å². The van der Waals surface area contributed by atoms with Gasteiger partial charge in [0.25, 0.3) is 11.5 Å². The summed E-state index contributed by atoms with van der Waals surface area (Å²) in [5.74, 6) is -0.839. The number of carbonyl (C=O) groups is 2. The summed E-state index contributed by atoms with van der Waals surface area (Å²) >= 11 is 0. The van der Waals surface area contributed by atoms with Crippen LogP contribution in [0.2, 0.25) is 0 Å². The molecule has 1 aromatic heterocycles. The molecular weight excluding hydrogens is 509 g/mol. The zero-order chi connectivity index (χ0) is 28.2. The van der Waals surface area contributed by atoms with Crippen LogP contribution in [0.15, 0.2) is 77.6 Å². The Morgan fingerprint density at radius 2 is 1.62 bits per heavy atom. The number of benzene rings is 3. The molecule has 1 aliphatic rings. The van der Waals surface area contributed by atoms with Crippen molar-refractivity contribution >= 4 is 28.5 Å². The first kappa shape index (κ1) is 27.2. The highest BCUT2D eigenvalue weighted by atomic mass is 19.1. The molecule has 0 atom stereocenters. The summed E-state index contributed by atoms with van der Waals surface area (Å²) in [6, 6.07) is 21.2. The monoisotopic (exact) mass is 541 g/mol. The fraction of sp³-hybridized carbons (Fsp3) is 0.290. The highest BCUT2D eigenvalue weighted by Crippen LogP contribution is 2.24. The van der Waals surface area contributed by atoms with E-state index in [-0.39, 0.29) is 24.0 Å². The van der Waals surface area contributed by atoms with E-state index in [1.807, 2.05) is 36.4 Å². The Labute approximate surface area is 232 Å². The lowest BCUT2D eigenvalue weighted by Crippen LogP contribution is -2.41. The van der Waals surface area contributed by atoms with Gasteiger partial charge in [-0.2, -0.15) is 0 Å². The molecule has 0 fully saturated rings. The molecule has 0 spiro atoms. The van der Waals surface area contributed by atoms with Crippen LogP contribution in [-0.2, 0) is 24.9 Å². The van der Waals surface area contributed by atoms with Gasteiger partial charge < -0.3 is 14.4 Å². The molecule has 206 valence electrons. The second-order valence-electron chi connectivity index (χ2n) is 10.1. The van der Waals surface area contributed by atoms with Crippen molar-refractivity contribution in [3.63, 3.8) is 0 Å². The maximum atomic E-state index is 14.0. The number of fused-ring (bicyclic) bond motifs is 2. The zero-order valence-corrected chi connectivity index (χ0v) is 22.7.